The Labute approximate surface area is 127 Å². The molecule has 0 N–H and O–H groups in total. The minimum absolute atomic E-state index is 0. The molecule has 0 aliphatic heterocycles. The van der Waals surface area contributed by atoms with Gasteiger partial charge in [-0.3, -0.25) is 0 Å². The maximum atomic E-state index is 2.40. The lowest BCUT2D eigenvalue weighted by atomic mass is 10.2. The Hall–Kier alpha value is -0.200. The molecular formula is C13H16INS2. The second kappa shape index (κ2) is 7.28. The summed E-state index contributed by atoms with van der Waals surface area (Å²) in [5.41, 5.74) is 1.32. The zero-order chi connectivity index (χ0) is 11.4. The van der Waals surface area contributed by atoms with E-state index in [4.69, 9.17) is 0 Å². The third-order valence-electron chi connectivity index (χ3n) is 2.60. The molecule has 0 spiro atoms. The van der Waals surface area contributed by atoms with Crippen LogP contribution < -0.4 is 33.2 Å². The number of halogens is 1. The standard InChI is InChI=1S/C13H16NS2.HI/c1-3-14(4-2)13-10-12(15-16-13)11-8-6-5-7-9-11;/h5-10H,3-4H2,1-2H3;1H/q+1;/p-1. The Kier molecular flexibility index (Phi) is 6.37. The molecule has 1 aromatic heterocycles. The van der Waals surface area contributed by atoms with Crippen molar-refractivity contribution >= 4 is 20.7 Å². The van der Waals surface area contributed by atoms with Gasteiger partial charge in [0.25, 0.3) is 4.67 Å². The fourth-order valence-electron chi connectivity index (χ4n) is 1.66. The molecular weight excluding hydrogens is 361 g/mol. The van der Waals surface area contributed by atoms with Crippen molar-refractivity contribution in [1.82, 2.24) is 4.58 Å². The average molecular weight is 377 g/mol. The summed E-state index contributed by atoms with van der Waals surface area (Å²) in [5, 5.41) is 0. The Morgan fingerprint density at radius 2 is 1.65 bits per heavy atom. The first-order valence-corrected chi connectivity index (χ1v) is 7.73. The summed E-state index contributed by atoms with van der Waals surface area (Å²) in [4.78, 5) is 1.37. The minimum atomic E-state index is 0. The molecule has 0 atom stereocenters. The molecule has 0 saturated carbocycles. The Morgan fingerprint density at radius 1 is 1.00 bits per heavy atom. The Morgan fingerprint density at radius 3 is 2.24 bits per heavy atom. The van der Waals surface area contributed by atoms with Crippen molar-refractivity contribution in [3.8, 4) is 10.4 Å². The first kappa shape index (κ1) is 14.9. The summed E-state index contributed by atoms with van der Waals surface area (Å²) in [6.45, 7) is 6.57. The molecule has 0 aliphatic rings. The van der Waals surface area contributed by atoms with Gasteiger partial charge in [0.1, 0.15) is 13.1 Å². The Balaban J connectivity index is 0.00000144. The van der Waals surface area contributed by atoms with Crippen molar-refractivity contribution in [3.63, 3.8) is 0 Å². The van der Waals surface area contributed by atoms with Gasteiger partial charge in [-0.05, 0) is 29.8 Å². The highest BCUT2D eigenvalue weighted by Crippen LogP contribution is 2.24. The van der Waals surface area contributed by atoms with Crippen molar-refractivity contribution < 1.29 is 24.0 Å². The predicted octanol–water partition coefficient (Wildman–Crippen LogP) is 0.293. The van der Waals surface area contributed by atoms with Crippen molar-refractivity contribution in [2.75, 3.05) is 13.1 Å². The van der Waals surface area contributed by atoms with Crippen LogP contribution in [0.15, 0.2) is 36.4 Å². The topological polar surface area (TPSA) is 3.01 Å². The number of hydrogen-bond donors (Lipinski definition) is 0. The third kappa shape index (κ3) is 3.63. The molecule has 1 aromatic carbocycles. The lowest BCUT2D eigenvalue weighted by Gasteiger charge is -1.93. The van der Waals surface area contributed by atoms with Crippen LogP contribution in [0.4, 0.5) is 0 Å². The van der Waals surface area contributed by atoms with Crippen LogP contribution >= 0.6 is 20.7 Å². The number of benzene rings is 1. The zero-order valence-electron chi connectivity index (χ0n) is 10.0. The maximum absolute atomic E-state index is 2.40. The van der Waals surface area contributed by atoms with Gasteiger partial charge in [0.15, 0.2) is 0 Å². The molecule has 1 heterocycles. The van der Waals surface area contributed by atoms with E-state index < -0.39 is 0 Å². The van der Waals surface area contributed by atoms with E-state index in [-0.39, 0.29) is 24.0 Å². The summed E-state index contributed by atoms with van der Waals surface area (Å²) in [6, 6.07) is 12.9. The molecule has 92 valence electrons. The van der Waals surface area contributed by atoms with Crippen LogP contribution in [-0.4, -0.2) is 13.1 Å². The molecule has 0 radical (unpaired) electrons. The van der Waals surface area contributed by atoms with Crippen LogP contribution in [0.25, 0.3) is 10.4 Å². The van der Waals surface area contributed by atoms with Crippen molar-refractivity contribution in [2.45, 2.75) is 13.8 Å². The van der Waals surface area contributed by atoms with Gasteiger partial charge in [0.05, 0.1) is 4.88 Å². The monoisotopic (exact) mass is 377 g/mol. The van der Waals surface area contributed by atoms with E-state index in [0.717, 1.165) is 13.1 Å². The highest BCUT2D eigenvalue weighted by molar-refractivity contribution is 7.69. The van der Waals surface area contributed by atoms with E-state index in [9.17, 15) is 0 Å². The summed E-state index contributed by atoms with van der Waals surface area (Å²) in [5.74, 6) is 0. The van der Waals surface area contributed by atoms with Crippen molar-refractivity contribution in [1.29, 1.82) is 0 Å². The van der Waals surface area contributed by atoms with Crippen LogP contribution in [0.3, 0.4) is 0 Å². The SMILES string of the molecule is CC[N+](CC)=c1cc(-c2ccccc2)ss1.[I-]. The number of rotatable bonds is 3. The molecule has 0 saturated heterocycles. The van der Waals surface area contributed by atoms with Crippen LogP contribution in [-0.2, 0) is 0 Å². The van der Waals surface area contributed by atoms with E-state index in [1.165, 1.54) is 15.1 Å². The quantitative estimate of drug-likeness (QED) is 0.411. The second-order valence-corrected chi connectivity index (χ2v) is 5.74. The van der Waals surface area contributed by atoms with Crippen LogP contribution in [0.1, 0.15) is 13.8 Å². The highest BCUT2D eigenvalue weighted by Gasteiger charge is 2.05. The second-order valence-electron chi connectivity index (χ2n) is 3.55. The van der Waals surface area contributed by atoms with E-state index in [0.29, 0.717) is 0 Å². The van der Waals surface area contributed by atoms with Crippen molar-refractivity contribution in [3.05, 3.63) is 41.1 Å². The fourth-order valence-corrected chi connectivity index (χ4v) is 4.25. The summed E-state index contributed by atoms with van der Waals surface area (Å²) >= 11 is 0. The zero-order valence-corrected chi connectivity index (χ0v) is 13.8. The van der Waals surface area contributed by atoms with Crippen LogP contribution in [0.2, 0.25) is 0 Å². The fraction of sp³-hybridized carbons (Fsp3) is 0.308. The molecule has 0 bridgehead atoms. The average Bonchev–Trinajstić information content (AvgIpc) is 2.81. The smallest absolute Gasteiger partial charge is 0.267 e. The summed E-state index contributed by atoms with van der Waals surface area (Å²) < 4.78 is 3.78. The molecule has 1 nitrogen and oxygen atoms in total. The number of nitrogens with zero attached hydrogens (tertiary/aromatic N) is 1. The lowest BCUT2D eigenvalue weighted by molar-refractivity contribution is -0.00000317. The molecule has 0 fully saturated rings. The molecule has 2 aromatic rings. The molecule has 0 amide bonds. The highest BCUT2D eigenvalue weighted by atomic mass is 127. The van der Waals surface area contributed by atoms with Gasteiger partial charge in [0, 0.05) is 6.07 Å². The van der Waals surface area contributed by atoms with E-state index >= 15 is 0 Å². The maximum Gasteiger partial charge on any atom is 0.267 e. The molecule has 17 heavy (non-hydrogen) atoms. The first-order chi connectivity index (χ1) is 7.85. The van der Waals surface area contributed by atoms with Gasteiger partial charge >= 0.3 is 0 Å². The first-order valence-electron chi connectivity index (χ1n) is 5.58. The largest absolute Gasteiger partial charge is 1.00 e. The molecule has 0 aliphatic carbocycles. The normalized spacial score (nSPS) is 9.76. The van der Waals surface area contributed by atoms with E-state index in [1.807, 2.05) is 20.7 Å². The van der Waals surface area contributed by atoms with Crippen LogP contribution in [0.5, 0.6) is 0 Å². The van der Waals surface area contributed by atoms with Gasteiger partial charge in [-0.2, -0.15) is 0 Å². The minimum Gasteiger partial charge on any atom is -1.00 e. The lowest BCUT2D eigenvalue weighted by Crippen LogP contribution is -3.00. The third-order valence-corrected chi connectivity index (χ3v) is 5.07. The van der Waals surface area contributed by atoms with E-state index in [1.54, 1.807) is 0 Å². The van der Waals surface area contributed by atoms with Crippen LogP contribution in [0, 0.1) is 0 Å². The molecule has 2 rings (SSSR count). The summed E-state index contributed by atoms with van der Waals surface area (Å²) in [6.07, 6.45) is 0. The van der Waals surface area contributed by atoms with E-state index in [2.05, 4.69) is 54.8 Å². The molecule has 4 heteroatoms. The molecule has 0 unspecified atom stereocenters. The van der Waals surface area contributed by atoms with Gasteiger partial charge in [-0.25, -0.2) is 4.58 Å². The van der Waals surface area contributed by atoms with Gasteiger partial charge in [0.2, 0.25) is 0 Å². The predicted molar refractivity (Wildman–Crippen MR) is 74.0 cm³/mol. The van der Waals surface area contributed by atoms with Gasteiger partial charge in [-0.1, -0.05) is 40.7 Å². The van der Waals surface area contributed by atoms with Crippen molar-refractivity contribution in [2.24, 2.45) is 0 Å². The van der Waals surface area contributed by atoms with Gasteiger partial charge in [-0.15, -0.1) is 0 Å². The number of hydrogen-bond acceptors (Lipinski definition) is 2. The van der Waals surface area contributed by atoms with Gasteiger partial charge < -0.3 is 24.0 Å². The summed E-state index contributed by atoms with van der Waals surface area (Å²) in [7, 11) is 3.73. The Bertz CT molecular complexity index is 507.